The molecule has 1 heterocycles. The summed E-state index contributed by atoms with van der Waals surface area (Å²) in [6.07, 6.45) is 6.70. The Morgan fingerprint density at radius 3 is 2.94 bits per heavy atom. The van der Waals surface area contributed by atoms with Crippen molar-refractivity contribution in [3.63, 3.8) is 0 Å². The van der Waals surface area contributed by atoms with E-state index in [-0.39, 0.29) is 6.10 Å². The molecule has 0 saturated heterocycles. The van der Waals surface area contributed by atoms with Crippen LogP contribution in [0.5, 0.6) is 5.88 Å². The summed E-state index contributed by atoms with van der Waals surface area (Å²) in [5.41, 5.74) is 7.57. The van der Waals surface area contributed by atoms with Gasteiger partial charge in [-0.3, -0.25) is 0 Å². The van der Waals surface area contributed by atoms with Crippen LogP contribution in [0, 0.1) is 12.8 Å². The van der Waals surface area contributed by atoms with Crippen molar-refractivity contribution in [3.8, 4) is 5.88 Å². The second-order valence-electron chi connectivity index (χ2n) is 5.18. The first-order chi connectivity index (χ1) is 8.58. The summed E-state index contributed by atoms with van der Waals surface area (Å²) in [6.45, 7) is 4.25. The van der Waals surface area contributed by atoms with Gasteiger partial charge in [0.2, 0.25) is 5.88 Å². The number of hydrogen-bond donors (Lipinski definition) is 1. The lowest BCUT2D eigenvalue weighted by Crippen LogP contribution is -2.26. The second kappa shape index (κ2) is 5.65. The minimum Gasteiger partial charge on any atom is -0.474 e. The highest BCUT2D eigenvalue weighted by Gasteiger charge is 2.22. The van der Waals surface area contributed by atoms with Gasteiger partial charge in [-0.15, -0.1) is 0 Å². The smallest absolute Gasteiger partial charge is 0.224 e. The van der Waals surface area contributed by atoms with E-state index in [4.69, 9.17) is 22.7 Å². The maximum Gasteiger partial charge on any atom is 0.224 e. The Morgan fingerprint density at radius 1 is 1.50 bits per heavy atom. The summed E-state index contributed by atoms with van der Waals surface area (Å²) in [6, 6.07) is 1.91. The molecule has 0 bridgehead atoms. The van der Waals surface area contributed by atoms with E-state index in [0.717, 1.165) is 29.9 Å². The number of pyridine rings is 1. The fourth-order valence-corrected chi connectivity index (χ4v) is 2.81. The summed E-state index contributed by atoms with van der Waals surface area (Å²) in [7, 11) is 0. The van der Waals surface area contributed by atoms with Gasteiger partial charge in [0.15, 0.2) is 0 Å². The van der Waals surface area contributed by atoms with Crippen LogP contribution in [0.1, 0.15) is 43.7 Å². The third-order valence-corrected chi connectivity index (χ3v) is 3.74. The van der Waals surface area contributed by atoms with Crippen LogP contribution in [0.2, 0.25) is 0 Å². The Balaban J connectivity index is 2.18. The van der Waals surface area contributed by atoms with E-state index >= 15 is 0 Å². The molecule has 98 valence electrons. The molecule has 0 spiro atoms. The normalized spacial score (nSPS) is 23.7. The van der Waals surface area contributed by atoms with E-state index in [9.17, 15) is 0 Å². The van der Waals surface area contributed by atoms with Crippen molar-refractivity contribution in [2.45, 2.75) is 45.6 Å². The van der Waals surface area contributed by atoms with E-state index in [1.807, 2.05) is 13.0 Å². The molecule has 1 aromatic rings. The van der Waals surface area contributed by atoms with Gasteiger partial charge in [-0.05, 0) is 43.7 Å². The maximum atomic E-state index is 6.02. The molecular weight excluding hydrogens is 244 g/mol. The Hall–Kier alpha value is -1.16. The van der Waals surface area contributed by atoms with Crippen molar-refractivity contribution in [2.75, 3.05) is 0 Å². The average molecular weight is 264 g/mol. The van der Waals surface area contributed by atoms with Gasteiger partial charge in [-0.1, -0.05) is 25.6 Å². The number of aromatic nitrogens is 1. The predicted octanol–water partition coefficient (Wildman–Crippen LogP) is 2.98. The second-order valence-corrected chi connectivity index (χ2v) is 5.62. The molecule has 2 rings (SSSR count). The number of ether oxygens (including phenoxy) is 1. The average Bonchev–Trinajstić information content (AvgIpc) is 2.28. The number of nitrogens with zero attached hydrogens (tertiary/aromatic N) is 1. The zero-order valence-corrected chi connectivity index (χ0v) is 11.8. The first kappa shape index (κ1) is 13.3. The minimum absolute atomic E-state index is 0.246. The van der Waals surface area contributed by atoms with Gasteiger partial charge in [0, 0.05) is 6.20 Å². The standard InChI is InChI=1S/C14H20N2OS/c1-9-4-3-5-11(8-9)17-14-12(13(15)18)10(2)6-7-16-14/h6-7,9,11H,3-5,8H2,1-2H3,(H2,15,18). The van der Waals surface area contributed by atoms with E-state index in [1.165, 1.54) is 12.8 Å². The van der Waals surface area contributed by atoms with E-state index < -0.39 is 0 Å². The molecule has 2 unspecified atom stereocenters. The number of hydrogen-bond acceptors (Lipinski definition) is 3. The summed E-state index contributed by atoms with van der Waals surface area (Å²) >= 11 is 5.09. The largest absolute Gasteiger partial charge is 0.474 e. The number of thiocarbonyl (C=S) groups is 1. The molecule has 1 saturated carbocycles. The highest BCUT2D eigenvalue weighted by atomic mass is 32.1. The first-order valence-electron chi connectivity index (χ1n) is 6.50. The highest BCUT2D eigenvalue weighted by molar-refractivity contribution is 7.80. The third kappa shape index (κ3) is 2.99. The molecule has 1 aliphatic rings. The van der Waals surface area contributed by atoms with Gasteiger partial charge in [-0.2, -0.15) is 0 Å². The van der Waals surface area contributed by atoms with Gasteiger partial charge in [-0.25, -0.2) is 4.98 Å². The van der Waals surface area contributed by atoms with Gasteiger partial charge in [0.1, 0.15) is 11.1 Å². The Kier molecular flexibility index (Phi) is 4.17. The Bertz CT molecular complexity index is 447. The summed E-state index contributed by atoms with van der Waals surface area (Å²) in [4.78, 5) is 4.65. The molecule has 1 fully saturated rings. The van der Waals surface area contributed by atoms with Crippen molar-refractivity contribution < 1.29 is 4.74 Å². The highest BCUT2D eigenvalue weighted by Crippen LogP contribution is 2.28. The number of nitrogens with two attached hydrogens (primary N) is 1. The summed E-state index contributed by atoms with van der Waals surface area (Å²) in [5.74, 6) is 1.32. The lowest BCUT2D eigenvalue weighted by Gasteiger charge is -2.27. The zero-order chi connectivity index (χ0) is 13.1. The van der Waals surface area contributed by atoms with Gasteiger partial charge >= 0.3 is 0 Å². The third-order valence-electron chi connectivity index (χ3n) is 3.54. The molecule has 2 atom stereocenters. The molecule has 0 aromatic carbocycles. The van der Waals surface area contributed by atoms with Crippen molar-refractivity contribution >= 4 is 17.2 Å². The molecular formula is C14H20N2OS. The lowest BCUT2D eigenvalue weighted by atomic mass is 9.89. The van der Waals surface area contributed by atoms with Crippen LogP contribution in [0.25, 0.3) is 0 Å². The summed E-state index contributed by atoms with van der Waals surface area (Å²) < 4.78 is 6.02. The van der Waals surface area contributed by atoms with E-state index in [2.05, 4.69) is 11.9 Å². The van der Waals surface area contributed by atoms with Crippen LogP contribution in [-0.4, -0.2) is 16.1 Å². The van der Waals surface area contributed by atoms with Crippen molar-refractivity contribution in [2.24, 2.45) is 11.7 Å². The lowest BCUT2D eigenvalue weighted by molar-refractivity contribution is 0.123. The Morgan fingerprint density at radius 2 is 2.28 bits per heavy atom. The predicted molar refractivity (Wildman–Crippen MR) is 76.9 cm³/mol. The molecule has 0 amide bonds. The quantitative estimate of drug-likeness (QED) is 0.853. The minimum atomic E-state index is 0.246. The van der Waals surface area contributed by atoms with Crippen LogP contribution < -0.4 is 10.5 Å². The number of aryl methyl sites for hydroxylation is 1. The molecule has 3 nitrogen and oxygen atoms in total. The van der Waals surface area contributed by atoms with Crippen molar-refractivity contribution in [3.05, 3.63) is 23.4 Å². The number of rotatable bonds is 3. The zero-order valence-electron chi connectivity index (χ0n) is 11.0. The fourth-order valence-electron chi connectivity index (χ4n) is 2.57. The molecule has 2 N–H and O–H groups in total. The van der Waals surface area contributed by atoms with Crippen LogP contribution in [0.3, 0.4) is 0 Å². The monoisotopic (exact) mass is 264 g/mol. The molecule has 1 aliphatic carbocycles. The van der Waals surface area contributed by atoms with Crippen LogP contribution >= 0.6 is 12.2 Å². The fraction of sp³-hybridized carbons (Fsp3) is 0.571. The van der Waals surface area contributed by atoms with E-state index in [1.54, 1.807) is 6.20 Å². The molecule has 0 aliphatic heterocycles. The van der Waals surface area contributed by atoms with Crippen molar-refractivity contribution in [1.82, 2.24) is 4.98 Å². The topological polar surface area (TPSA) is 48.1 Å². The van der Waals surface area contributed by atoms with Gasteiger partial charge < -0.3 is 10.5 Å². The molecule has 1 aromatic heterocycles. The van der Waals surface area contributed by atoms with Gasteiger partial charge in [0.05, 0.1) is 5.56 Å². The van der Waals surface area contributed by atoms with Crippen molar-refractivity contribution in [1.29, 1.82) is 0 Å². The van der Waals surface area contributed by atoms with Crippen LogP contribution in [-0.2, 0) is 0 Å². The van der Waals surface area contributed by atoms with E-state index in [0.29, 0.717) is 10.9 Å². The first-order valence-corrected chi connectivity index (χ1v) is 6.91. The SMILES string of the molecule is Cc1ccnc(OC2CCCC(C)C2)c1C(N)=S. The van der Waals surface area contributed by atoms with Crippen LogP contribution in [0.4, 0.5) is 0 Å². The maximum absolute atomic E-state index is 6.02. The molecule has 4 heteroatoms. The van der Waals surface area contributed by atoms with Crippen LogP contribution in [0.15, 0.2) is 12.3 Å². The Labute approximate surface area is 114 Å². The molecule has 0 radical (unpaired) electrons. The molecule has 18 heavy (non-hydrogen) atoms. The summed E-state index contributed by atoms with van der Waals surface area (Å²) in [5, 5.41) is 0. The van der Waals surface area contributed by atoms with Gasteiger partial charge in [0.25, 0.3) is 0 Å².